The van der Waals surface area contributed by atoms with E-state index in [1.54, 1.807) is 19.1 Å². The largest absolute Gasteiger partial charge is 0.508 e. The third kappa shape index (κ3) is 4.46. The molecule has 1 fully saturated rings. The van der Waals surface area contributed by atoms with Crippen molar-refractivity contribution in [3.05, 3.63) is 29.8 Å². The predicted octanol–water partition coefficient (Wildman–Crippen LogP) is 1.17. The van der Waals surface area contributed by atoms with Gasteiger partial charge in [0.1, 0.15) is 5.75 Å². The van der Waals surface area contributed by atoms with Gasteiger partial charge in [0.2, 0.25) is 0 Å². The SMILES string of the molecule is C[C@@H](C(=O)OCC(=O)NN1CCCC1)c1ccc(O)cc1. The van der Waals surface area contributed by atoms with Crippen LogP contribution in [0.2, 0.25) is 0 Å². The van der Waals surface area contributed by atoms with E-state index in [0.717, 1.165) is 31.5 Å². The van der Waals surface area contributed by atoms with Gasteiger partial charge in [0.05, 0.1) is 5.92 Å². The number of carbonyl (C=O) groups excluding carboxylic acids is 2. The molecule has 0 saturated carbocycles. The standard InChI is InChI=1S/C15H20N2O4/c1-11(12-4-6-13(18)7-5-12)15(20)21-10-14(19)16-17-8-2-3-9-17/h4-7,11,18H,2-3,8-10H2,1H3,(H,16,19)/t11-/m1/s1. The van der Waals surface area contributed by atoms with E-state index < -0.39 is 11.9 Å². The first-order chi connectivity index (χ1) is 10.1. The number of benzene rings is 1. The highest BCUT2D eigenvalue weighted by atomic mass is 16.5. The maximum atomic E-state index is 11.9. The van der Waals surface area contributed by atoms with E-state index in [1.807, 2.05) is 5.01 Å². The molecule has 1 aromatic carbocycles. The summed E-state index contributed by atoms with van der Waals surface area (Å²) in [5.41, 5.74) is 3.44. The molecule has 0 unspecified atom stereocenters. The van der Waals surface area contributed by atoms with Crippen molar-refractivity contribution in [1.29, 1.82) is 0 Å². The zero-order valence-corrected chi connectivity index (χ0v) is 12.0. The Labute approximate surface area is 123 Å². The molecule has 1 atom stereocenters. The van der Waals surface area contributed by atoms with Gasteiger partial charge in [-0.05, 0) is 37.5 Å². The molecule has 0 bridgehead atoms. The number of rotatable bonds is 5. The van der Waals surface area contributed by atoms with Crippen LogP contribution in [0.5, 0.6) is 5.75 Å². The maximum absolute atomic E-state index is 11.9. The highest BCUT2D eigenvalue weighted by Crippen LogP contribution is 2.19. The lowest BCUT2D eigenvalue weighted by atomic mass is 10.0. The van der Waals surface area contributed by atoms with Crippen LogP contribution in [0.15, 0.2) is 24.3 Å². The van der Waals surface area contributed by atoms with Crippen LogP contribution in [-0.2, 0) is 14.3 Å². The molecule has 2 rings (SSSR count). The van der Waals surface area contributed by atoms with E-state index in [9.17, 15) is 14.7 Å². The Morgan fingerprint density at radius 2 is 1.90 bits per heavy atom. The Kier molecular flexibility index (Phi) is 5.16. The molecule has 0 radical (unpaired) electrons. The Balaban J connectivity index is 1.77. The lowest BCUT2D eigenvalue weighted by Gasteiger charge is -2.17. The van der Waals surface area contributed by atoms with E-state index in [2.05, 4.69) is 5.43 Å². The summed E-state index contributed by atoms with van der Waals surface area (Å²) in [5, 5.41) is 11.0. The van der Waals surface area contributed by atoms with Crippen LogP contribution >= 0.6 is 0 Å². The van der Waals surface area contributed by atoms with E-state index in [-0.39, 0.29) is 18.3 Å². The molecule has 1 heterocycles. The van der Waals surface area contributed by atoms with Gasteiger partial charge < -0.3 is 9.84 Å². The van der Waals surface area contributed by atoms with Crippen LogP contribution < -0.4 is 5.43 Å². The topological polar surface area (TPSA) is 78.9 Å². The lowest BCUT2D eigenvalue weighted by molar-refractivity contribution is -0.150. The normalized spacial score (nSPS) is 16.4. The molecule has 1 aromatic rings. The number of carbonyl (C=O) groups is 2. The molecule has 1 aliphatic rings. The van der Waals surface area contributed by atoms with Crippen LogP contribution in [0.1, 0.15) is 31.2 Å². The molecule has 1 amide bonds. The molecule has 0 aromatic heterocycles. The van der Waals surface area contributed by atoms with Crippen molar-refractivity contribution in [3.8, 4) is 5.75 Å². The van der Waals surface area contributed by atoms with Crippen molar-refractivity contribution in [1.82, 2.24) is 10.4 Å². The third-order valence-corrected chi connectivity index (χ3v) is 3.48. The fourth-order valence-electron chi connectivity index (χ4n) is 2.20. The summed E-state index contributed by atoms with van der Waals surface area (Å²) in [6.45, 7) is 3.10. The highest BCUT2D eigenvalue weighted by Gasteiger charge is 2.19. The molecule has 1 saturated heterocycles. The average Bonchev–Trinajstić information content (AvgIpc) is 2.97. The summed E-state index contributed by atoms with van der Waals surface area (Å²) < 4.78 is 5.02. The number of amides is 1. The smallest absolute Gasteiger partial charge is 0.313 e. The molecule has 6 heteroatoms. The predicted molar refractivity (Wildman–Crippen MR) is 76.4 cm³/mol. The van der Waals surface area contributed by atoms with Crippen LogP contribution in [-0.4, -0.2) is 41.7 Å². The molecule has 0 spiro atoms. The second-order valence-electron chi connectivity index (χ2n) is 5.15. The zero-order chi connectivity index (χ0) is 15.2. The van der Waals surface area contributed by atoms with Crippen LogP contribution in [0.25, 0.3) is 0 Å². The van der Waals surface area contributed by atoms with Gasteiger partial charge in [-0.1, -0.05) is 12.1 Å². The van der Waals surface area contributed by atoms with Gasteiger partial charge >= 0.3 is 5.97 Å². The van der Waals surface area contributed by atoms with E-state index >= 15 is 0 Å². The van der Waals surface area contributed by atoms with Crippen molar-refractivity contribution in [2.24, 2.45) is 0 Å². The molecular weight excluding hydrogens is 272 g/mol. The Morgan fingerprint density at radius 3 is 2.52 bits per heavy atom. The Morgan fingerprint density at radius 1 is 1.29 bits per heavy atom. The third-order valence-electron chi connectivity index (χ3n) is 3.48. The van der Waals surface area contributed by atoms with Crippen molar-refractivity contribution in [2.45, 2.75) is 25.7 Å². The summed E-state index contributed by atoms with van der Waals surface area (Å²) >= 11 is 0. The molecule has 6 nitrogen and oxygen atoms in total. The van der Waals surface area contributed by atoms with Crippen LogP contribution in [0.3, 0.4) is 0 Å². The summed E-state index contributed by atoms with van der Waals surface area (Å²) in [7, 11) is 0. The number of hydrogen-bond donors (Lipinski definition) is 2. The average molecular weight is 292 g/mol. The van der Waals surface area contributed by atoms with Gasteiger partial charge in [-0.15, -0.1) is 0 Å². The number of ether oxygens (including phenoxy) is 1. The molecule has 0 aliphatic carbocycles. The molecule has 2 N–H and O–H groups in total. The number of phenolic OH excluding ortho intramolecular Hbond substituents is 1. The Hall–Kier alpha value is -2.08. The van der Waals surface area contributed by atoms with Crippen molar-refractivity contribution in [3.63, 3.8) is 0 Å². The summed E-state index contributed by atoms with van der Waals surface area (Å²) in [4.78, 5) is 23.5. The van der Waals surface area contributed by atoms with Crippen LogP contribution in [0, 0.1) is 0 Å². The van der Waals surface area contributed by atoms with Gasteiger partial charge in [-0.2, -0.15) is 0 Å². The second-order valence-corrected chi connectivity index (χ2v) is 5.15. The van der Waals surface area contributed by atoms with Gasteiger partial charge in [-0.25, -0.2) is 5.01 Å². The summed E-state index contributed by atoms with van der Waals surface area (Å²) in [6, 6.07) is 6.34. The first-order valence-corrected chi connectivity index (χ1v) is 7.06. The maximum Gasteiger partial charge on any atom is 0.313 e. The minimum Gasteiger partial charge on any atom is -0.508 e. The van der Waals surface area contributed by atoms with Crippen molar-refractivity contribution in [2.75, 3.05) is 19.7 Å². The summed E-state index contributed by atoms with van der Waals surface area (Å²) in [6.07, 6.45) is 2.13. The van der Waals surface area contributed by atoms with Crippen LogP contribution in [0.4, 0.5) is 0 Å². The number of nitrogens with zero attached hydrogens (tertiary/aromatic N) is 1. The van der Waals surface area contributed by atoms with Gasteiger partial charge in [0.15, 0.2) is 6.61 Å². The lowest BCUT2D eigenvalue weighted by Crippen LogP contribution is -2.42. The highest BCUT2D eigenvalue weighted by molar-refractivity contribution is 5.82. The van der Waals surface area contributed by atoms with E-state index in [1.165, 1.54) is 12.1 Å². The number of hydrogen-bond acceptors (Lipinski definition) is 5. The second kappa shape index (κ2) is 7.08. The molecule has 1 aliphatic heterocycles. The number of hydrazine groups is 1. The zero-order valence-electron chi connectivity index (χ0n) is 12.0. The number of phenols is 1. The van der Waals surface area contributed by atoms with Crippen molar-refractivity contribution < 1.29 is 19.4 Å². The fourth-order valence-corrected chi connectivity index (χ4v) is 2.20. The van der Waals surface area contributed by atoms with Crippen molar-refractivity contribution >= 4 is 11.9 Å². The molecular formula is C15H20N2O4. The first kappa shape index (κ1) is 15.3. The monoisotopic (exact) mass is 292 g/mol. The first-order valence-electron chi connectivity index (χ1n) is 7.06. The minimum atomic E-state index is -0.481. The van der Waals surface area contributed by atoms with E-state index in [0.29, 0.717) is 0 Å². The number of nitrogens with one attached hydrogen (secondary N) is 1. The number of aromatic hydroxyl groups is 1. The number of esters is 1. The minimum absolute atomic E-state index is 0.143. The fraction of sp³-hybridized carbons (Fsp3) is 0.467. The van der Waals surface area contributed by atoms with Gasteiger partial charge in [0, 0.05) is 13.1 Å². The van der Waals surface area contributed by atoms with E-state index in [4.69, 9.17) is 4.74 Å². The molecule has 21 heavy (non-hydrogen) atoms. The van der Waals surface area contributed by atoms with Gasteiger partial charge in [-0.3, -0.25) is 15.0 Å². The Bertz CT molecular complexity index is 495. The van der Waals surface area contributed by atoms with Gasteiger partial charge in [0.25, 0.3) is 5.91 Å². The summed E-state index contributed by atoms with van der Waals surface area (Å²) in [5.74, 6) is -1.12. The molecule has 114 valence electrons. The quantitative estimate of drug-likeness (QED) is 0.796.